The molecule has 0 unspecified atom stereocenters. The van der Waals surface area contributed by atoms with E-state index in [0.29, 0.717) is 5.71 Å². The Morgan fingerprint density at radius 2 is 1.81 bits per heavy atom. The van der Waals surface area contributed by atoms with Crippen molar-refractivity contribution in [2.75, 3.05) is 0 Å². The van der Waals surface area contributed by atoms with E-state index >= 15 is 0 Å². The monoisotopic (exact) mass is 279 g/mol. The maximum absolute atomic E-state index is 6.91. The number of nitrogens with one attached hydrogen (secondary N) is 1. The van der Waals surface area contributed by atoms with E-state index in [1.807, 2.05) is 24.3 Å². The van der Waals surface area contributed by atoms with Crippen molar-refractivity contribution >= 4 is 27.7 Å². The summed E-state index contributed by atoms with van der Waals surface area (Å²) in [7, 11) is 0. The molecule has 0 aliphatic rings. The molecule has 2 heteroatoms. The molecule has 2 nitrogen and oxygen atoms in total. The van der Waals surface area contributed by atoms with Crippen molar-refractivity contribution in [3.63, 3.8) is 0 Å². The molecule has 21 heavy (non-hydrogen) atoms. The van der Waals surface area contributed by atoms with E-state index in [2.05, 4.69) is 38.1 Å². The number of aryl methyl sites for hydroxylation is 1. The molecule has 1 aromatic heterocycles. The van der Waals surface area contributed by atoms with Gasteiger partial charge in [-0.1, -0.05) is 49.4 Å². The molecule has 0 bridgehead atoms. The Balaban J connectivity index is 0.000000199. The highest BCUT2D eigenvalue weighted by atomic mass is 16.3. The molecular weight excluding hydrogens is 258 g/mol. The molecule has 0 radical (unpaired) electrons. The fourth-order valence-electron chi connectivity index (χ4n) is 2.18. The van der Waals surface area contributed by atoms with Gasteiger partial charge in [-0.2, -0.15) is 0 Å². The molecule has 0 fully saturated rings. The Labute approximate surface area is 125 Å². The lowest BCUT2D eigenvalue weighted by molar-refractivity contribution is 0.666. The summed E-state index contributed by atoms with van der Waals surface area (Å²) in [6.45, 7) is 5.90. The summed E-state index contributed by atoms with van der Waals surface area (Å²) in [5.74, 6) is 0. The smallest absolute Gasteiger partial charge is 0.138 e. The number of allylic oxidation sites excluding steroid dienone is 2. The molecule has 3 rings (SSSR count). The summed E-state index contributed by atoms with van der Waals surface area (Å²) in [5, 5.41) is 9.32. The quantitative estimate of drug-likeness (QED) is 0.584. The molecule has 0 saturated heterocycles. The second-order valence-electron chi connectivity index (χ2n) is 5.04. The van der Waals surface area contributed by atoms with Crippen LogP contribution in [0.5, 0.6) is 0 Å². The Bertz CT molecular complexity index is 780. The van der Waals surface area contributed by atoms with E-state index in [-0.39, 0.29) is 0 Å². The predicted octanol–water partition coefficient (Wildman–Crippen LogP) is 5.89. The van der Waals surface area contributed by atoms with Gasteiger partial charge < -0.3 is 9.83 Å². The van der Waals surface area contributed by atoms with E-state index in [1.165, 1.54) is 16.3 Å². The van der Waals surface area contributed by atoms with Crippen LogP contribution >= 0.6 is 0 Å². The minimum atomic E-state index is 0.627. The van der Waals surface area contributed by atoms with Gasteiger partial charge in [0, 0.05) is 16.5 Å². The van der Waals surface area contributed by atoms with Gasteiger partial charge in [0.05, 0.1) is 0 Å². The minimum absolute atomic E-state index is 0.627. The summed E-state index contributed by atoms with van der Waals surface area (Å²) in [6, 6.07) is 14.4. The zero-order valence-corrected chi connectivity index (χ0v) is 12.8. The number of benzene rings is 2. The molecule has 0 aliphatic heterocycles. The lowest BCUT2D eigenvalue weighted by Crippen LogP contribution is -1.75. The van der Waals surface area contributed by atoms with Gasteiger partial charge in [0.2, 0.25) is 0 Å². The second-order valence-corrected chi connectivity index (χ2v) is 5.04. The van der Waals surface area contributed by atoms with Gasteiger partial charge in [0.15, 0.2) is 0 Å². The van der Waals surface area contributed by atoms with Gasteiger partial charge >= 0.3 is 0 Å². The van der Waals surface area contributed by atoms with Crippen molar-refractivity contribution in [3.8, 4) is 0 Å². The number of hydrogen-bond donors (Lipinski definition) is 1. The Kier molecular flexibility index (Phi) is 4.94. The summed E-state index contributed by atoms with van der Waals surface area (Å²) in [4.78, 5) is 0. The molecule has 3 aromatic rings. The first-order valence-electron chi connectivity index (χ1n) is 7.22. The van der Waals surface area contributed by atoms with Crippen LogP contribution in [0.25, 0.3) is 21.9 Å². The van der Waals surface area contributed by atoms with Gasteiger partial charge in [-0.15, -0.1) is 0 Å². The van der Waals surface area contributed by atoms with Gasteiger partial charge in [0.1, 0.15) is 11.2 Å². The molecule has 2 aromatic carbocycles. The third-order valence-corrected chi connectivity index (χ3v) is 3.20. The van der Waals surface area contributed by atoms with Crippen molar-refractivity contribution in [2.24, 2.45) is 0 Å². The average molecular weight is 279 g/mol. The van der Waals surface area contributed by atoms with Gasteiger partial charge in [-0.05, 0) is 38.0 Å². The minimum Gasteiger partial charge on any atom is -0.456 e. The highest BCUT2D eigenvalue weighted by Gasteiger charge is 2.06. The Morgan fingerprint density at radius 1 is 1.10 bits per heavy atom. The number of para-hydroxylation sites is 2. The van der Waals surface area contributed by atoms with Crippen LogP contribution in [0.4, 0.5) is 0 Å². The number of furan rings is 1. The molecule has 1 heterocycles. The second kappa shape index (κ2) is 6.89. The number of fused-ring (bicyclic) bond motifs is 3. The summed E-state index contributed by atoms with van der Waals surface area (Å²) >= 11 is 0. The summed E-state index contributed by atoms with van der Waals surface area (Å²) in [5.41, 5.74) is 3.80. The maximum Gasteiger partial charge on any atom is 0.138 e. The standard InChI is InChI=1S/C13H10O.C6H11N/c1-9-5-4-7-11-10-6-2-3-8-12(10)14-13(9)11;1-3-4-5-6(2)7/h2-8H,1H3;4-5,7H,3H2,1-2H3/b;5-4-,7-6?. The van der Waals surface area contributed by atoms with Gasteiger partial charge in [-0.3, -0.25) is 0 Å². The third-order valence-electron chi connectivity index (χ3n) is 3.20. The number of rotatable bonds is 2. The number of hydrogen-bond acceptors (Lipinski definition) is 2. The van der Waals surface area contributed by atoms with Crippen LogP contribution in [-0.4, -0.2) is 5.71 Å². The predicted molar refractivity (Wildman–Crippen MR) is 91.3 cm³/mol. The molecule has 108 valence electrons. The van der Waals surface area contributed by atoms with Crippen LogP contribution in [0.2, 0.25) is 0 Å². The zero-order chi connectivity index (χ0) is 15.2. The maximum atomic E-state index is 6.91. The first kappa shape index (κ1) is 15.0. The van der Waals surface area contributed by atoms with Crippen molar-refractivity contribution < 1.29 is 4.42 Å². The van der Waals surface area contributed by atoms with Crippen LogP contribution in [0.15, 0.2) is 59.0 Å². The van der Waals surface area contributed by atoms with Crippen molar-refractivity contribution in [1.29, 1.82) is 5.41 Å². The normalized spacial score (nSPS) is 10.8. The van der Waals surface area contributed by atoms with Crippen LogP contribution in [0.3, 0.4) is 0 Å². The topological polar surface area (TPSA) is 37.0 Å². The van der Waals surface area contributed by atoms with E-state index in [1.54, 1.807) is 13.0 Å². The van der Waals surface area contributed by atoms with Crippen LogP contribution in [-0.2, 0) is 0 Å². The molecule has 0 spiro atoms. The first-order chi connectivity index (χ1) is 10.1. The lowest BCUT2D eigenvalue weighted by atomic mass is 10.1. The van der Waals surface area contributed by atoms with E-state index in [9.17, 15) is 0 Å². The van der Waals surface area contributed by atoms with Gasteiger partial charge in [-0.25, -0.2) is 0 Å². The van der Waals surface area contributed by atoms with E-state index < -0.39 is 0 Å². The van der Waals surface area contributed by atoms with Crippen molar-refractivity contribution in [3.05, 3.63) is 60.2 Å². The largest absolute Gasteiger partial charge is 0.456 e. The average Bonchev–Trinajstić information content (AvgIpc) is 2.86. The molecular formula is C19H21NO. The molecule has 0 amide bonds. The van der Waals surface area contributed by atoms with E-state index in [0.717, 1.165) is 17.6 Å². The van der Waals surface area contributed by atoms with Crippen LogP contribution in [0, 0.1) is 12.3 Å². The van der Waals surface area contributed by atoms with Crippen LogP contribution < -0.4 is 0 Å². The van der Waals surface area contributed by atoms with E-state index in [4.69, 9.17) is 9.83 Å². The summed E-state index contributed by atoms with van der Waals surface area (Å²) in [6.07, 6.45) is 4.80. The molecule has 0 atom stereocenters. The summed E-state index contributed by atoms with van der Waals surface area (Å²) < 4.78 is 5.78. The molecule has 0 saturated carbocycles. The van der Waals surface area contributed by atoms with Crippen molar-refractivity contribution in [2.45, 2.75) is 27.2 Å². The highest BCUT2D eigenvalue weighted by Crippen LogP contribution is 2.29. The zero-order valence-electron chi connectivity index (χ0n) is 12.8. The lowest BCUT2D eigenvalue weighted by Gasteiger charge is -1.91. The van der Waals surface area contributed by atoms with Crippen molar-refractivity contribution in [1.82, 2.24) is 0 Å². The fourth-order valence-corrected chi connectivity index (χ4v) is 2.18. The third kappa shape index (κ3) is 3.60. The fraction of sp³-hybridized carbons (Fsp3) is 0.211. The SMILES string of the molecule is CC/C=C\C(C)=N.Cc1cccc2c1oc1ccccc12. The van der Waals surface area contributed by atoms with Gasteiger partial charge in [0.25, 0.3) is 0 Å². The Hall–Kier alpha value is -2.35. The molecule has 0 aliphatic carbocycles. The molecule has 1 N–H and O–H groups in total. The van der Waals surface area contributed by atoms with Crippen LogP contribution in [0.1, 0.15) is 25.8 Å². The Morgan fingerprint density at radius 3 is 2.48 bits per heavy atom. The highest BCUT2D eigenvalue weighted by molar-refractivity contribution is 6.05. The first-order valence-corrected chi connectivity index (χ1v) is 7.22.